The lowest BCUT2D eigenvalue weighted by molar-refractivity contribution is 0.355. The molecule has 0 unspecified atom stereocenters. The molecule has 5 nitrogen and oxygen atoms in total. The Morgan fingerprint density at radius 2 is 1.53 bits per heavy atom. The molecular formula is C28H27Cl2N3O2S. The molecule has 1 aromatic heterocycles. The molecule has 0 radical (unpaired) electrons. The Morgan fingerprint density at radius 1 is 0.861 bits per heavy atom. The SMILES string of the molecule is COc1ccc(-c2nc(-c3ccc(N=Cc4ccc(N(CCCl)CCCl)cc4)cc3)cs2)cc1OC. The number of benzene rings is 3. The Bertz CT molecular complexity index is 1290. The van der Waals surface area contributed by atoms with Crippen molar-refractivity contribution in [3.8, 4) is 33.3 Å². The predicted octanol–water partition coefficient (Wildman–Crippen LogP) is 7.53. The van der Waals surface area contributed by atoms with Gasteiger partial charge in [-0.25, -0.2) is 4.98 Å². The number of alkyl halides is 2. The standard InChI is InChI=1S/C28H27Cl2N3O2S/c1-34-26-12-7-22(17-27(26)35-2)28-32-25(19-36-28)21-5-8-23(9-6-21)31-18-20-3-10-24(11-4-20)33(15-13-29)16-14-30/h3-12,17-19H,13-16H2,1-2H3. The van der Waals surface area contributed by atoms with Crippen molar-refractivity contribution in [2.45, 2.75) is 0 Å². The van der Waals surface area contributed by atoms with Gasteiger partial charge < -0.3 is 14.4 Å². The van der Waals surface area contributed by atoms with Crippen molar-refractivity contribution in [3.63, 3.8) is 0 Å². The van der Waals surface area contributed by atoms with Crippen LogP contribution < -0.4 is 14.4 Å². The maximum atomic E-state index is 5.91. The molecule has 186 valence electrons. The minimum Gasteiger partial charge on any atom is -0.493 e. The Labute approximate surface area is 226 Å². The summed E-state index contributed by atoms with van der Waals surface area (Å²) in [5.74, 6) is 2.51. The van der Waals surface area contributed by atoms with Crippen molar-refractivity contribution in [2.75, 3.05) is 44.0 Å². The molecule has 0 aliphatic rings. The summed E-state index contributed by atoms with van der Waals surface area (Å²) >= 11 is 13.4. The van der Waals surface area contributed by atoms with Gasteiger partial charge in [0, 0.05) is 53.3 Å². The topological polar surface area (TPSA) is 47.0 Å². The number of hydrogen-bond donors (Lipinski definition) is 0. The highest BCUT2D eigenvalue weighted by Crippen LogP contribution is 2.35. The molecule has 36 heavy (non-hydrogen) atoms. The second-order valence-corrected chi connectivity index (χ2v) is 9.48. The minimum absolute atomic E-state index is 0.564. The fourth-order valence-electron chi connectivity index (χ4n) is 3.72. The number of rotatable bonds is 11. The molecule has 0 saturated carbocycles. The zero-order chi connectivity index (χ0) is 25.3. The lowest BCUT2D eigenvalue weighted by atomic mass is 10.1. The summed E-state index contributed by atoms with van der Waals surface area (Å²) in [6, 6.07) is 22.1. The van der Waals surface area contributed by atoms with Crippen molar-refractivity contribution >= 4 is 52.1 Å². The molecule has 3 aromatic carbocycles. The van der Waals surface area contributed by atoms with Gasteiger partial charge in [-0.15, -0.1) is 34.5 Å². The van der Waals surface area contributed by atoms with Crippen LogP contribution in [0.2, 0.25) is 0 Å². The van der Waals surface area contributed by atoms with Crippen LogP contribution in [0.4, 0.5) is 11.4 Å². The number of nitrogens with zero attached hydrogens (tertiary/aromatic N) is 3. The average molecular weight is 541 g/mol. The quantitative estimate of drug-likeness (QED) is 0.146. The van der Waals surface area contributed by atoms with Crippen LogP contribution in [0.15, 0.2) is 77.1 Å². The van der Waals surface area contributed by atoms with E-state index in [-0.39, 0.29) is 0 Å². The van der Waals surface area contributed by atoms with Crippen molar-refractivity contribution in [2.24, 2.45) is 4.99 Å². The summed E-state index contributed by atoms with van der Waals surface area (Å²) in [6.45, 7) is 1.53. The van der Waals surface area contributed by atoms with E-state index < -0.39 is 0 Å². The van der Waals surface area contributed by atoms with E-state index in [2.05, 4.69) is 27.4 Å². The molecule has 4 aromatic rings. The number of anilines is 1. The third-order valence-electron chi connectivity index (χ3n) is 5.63. The lowest BCUT2D eigenvalue weighted by Gasteiger charge is -2.22. The summed E-state index contributed by atoms with van der Waals surface area (Å²) in [5, 5.41) is 2.98. The number of aliphatic imine (C=N–C) groups is 1. The first-order valence-corrected chi connectivity index (χ1v) is 13.4. The Morgan fingerprint density at radius 3 is 2.17 bits per heavy atom. The maximum absolute atomic E-state index is 5.91. The van der Waals surface area contributed by atoms with Crippen LogP contribution in [0.1, 0.15) is 5.56 Å². The fraction of sp³-hybridized carbons (Fsp3) is 0.214. The zero-order valence-corrected chi connectivity index (χ0v) is 22.5. The highest BCUT2D eigenvalue weighted by atomic mass is 35.5. The van der Waals surface area contributed by atoms with E-state index in [0.29, 0.717) is 23.3 Å². The summed E-state index contributed by atoms with van der Waals surface area (Å²) in [4.78, 5) is 11.6. The molecule has 1 heterocycles. The maximum Gasteiger partial charge on any atom is 0.161 e. The van der Waals surface area contributed by atoms with Gasteiger partial charge in [0.05, 0.1) is 25.6 Å². The number of aromatic nitrogens is 1. The van der Waals surface area contributed by atoms with Gasteiger partial charge in [0.15, 0.2) is 11.5 Å². The molecule has 0 atom stereocenters. The summed E-state index contributed by atoms with van der Waals surface area (Å²) in [7, 11) is 3.26. The van der Waals surface area contributed by atoms with E-state index in [9.17, 15) is 0 Å². The van der Waals surface area contributed by atoms with Crippen molar-refractivity contribution in [1.82, 2.24) is 4.98 Å². The van der Waals surface area contributed by atoms with E-state index in [4.69, 9.17) is 37.7 Å². The van der Waals surface area contributed by atoms with Crippen LogP contribution in [0.25, 0.3) is 21.8 Å². The number of ether oxygens (including phenoxy) is 2. The van der Waals surface area contributed by atoms with Gasteiger partial charge in [-0.1, -0.05) is 24.3 Å². The van der Waals surface area contributed by atoms with Crippen LogP contribution in [-0.2, 0) is 0 Å². The molecule has 0 N–H and O–H groups in total. The molecule has 0 saturated heterocycles. The average Bonchev–Trinajstić information content (AvgIpc) is 3.42. The predicted molar refractivity (Wildman–Crippen MR) is 153 cm³/mol. The second kappa shape index (κ2) is 12.8. The van der Waals surface area contributed by atoms with Gasteiger partial charge in [-0.3, -0.25) is 4.99 Å². The Hall–Kier alpha value is -3.06. The monoisotopic (exact) mass is 539 g/mol. The molecule has 0 bridgehead atoms. The smallest absolute Gasteiger partial charge is 0.161 e. The van der Waals surface area contributed by atoms with Gasteiger partial charge in [0.25, 0.3) is 0 Å². The molecule has 0 fully saturated rings. The molecule has 0 spiro atoms. The third kappa shape index (κ3) is 6.38. The van der Waals surface area contributed by atoms with E-state index in [1.165, 1.54) is 0 Å². The van der Waals surface area contributed by atoms with Crippen LogP contribution in [0.5, 0.6) is 11.5 Å². The van der Waals surface area contributed by atoms with Crippen molar-refractivity contribution in [1.29, 1.82) is 0 Å². The van der Waals surface area contributed by atoms with Crippen LogP contribution >= 0.6 is 34.5 Å². The number of halogens is 2. The van der Waals surface area contributed by atoms with Gasteiger partial charge in [-0.05, 0) is 48.0 Å². The van der Waals surface area contributed by atoms with Crippen molar-refractivity contribution < 1.29 is 9.47 Å². The van der Waals surface area contributed by atoms with Crippen molar-refractivity contribution in [3.05, 3.63) is 77.7 Å². The van der Waals surface area contributed by atoms with E-state index in [1.54, 1.807) is 25.6 Å². The summed E-state index contributed by atoms with van der Waals surface area (Å²) in [6.07, 6.45) is 1.87. The van der Waals surface area contributed by atoms with Crippen LogP contribution in [0.3, 0.4) is 0 Å². The van der Waals surface area contributed by atoms with Crippen LogP contribution in [-0.4, -0.2) is 50.3 Å². The largest absolute Gasteiger partial charge is 0.493 e. The first-order chi connectivity index (χ1) is 17.6. The zero-order valence-electron chi connectivity index (χ0n) is 20.2. The molecule has 8 heteroatoms. The number of methoxy groups -OCH3 is 2. The number of thiazole rings is 1. The Balaban J connectivity index is 1.43. The fourth-order valence-corrected chi connectivity index (χ4v) is 4.95. The third-order valence-corrected chi connectivity index (χ3v) is 6.86. The molecule has 4 rings (SSSR count). The van der Waals surface area contributed by atoms with E-state index in [1.807, 2.05) is 60.8 Å². The van der Waals surface area contributed by atoms with Gasteiger partial charge in [-0.2, -0.15) is 0 Å². The molecular weight excluding hydrogens is 513 g/mol. The second-order valence-electron chi connectivity index (χ2n) is 7.87. The van der Waals surface area contributed by atoms with Crippen LogP contribution in [0, 0.1) is 0 Å². The highest BCUT2D eigenvalue weighted by molar-refractivity contribution is 7.13. The highest BCUT2D eigenvalue weighted by Gasteiger charge is 2.11. The summed E-state index contributed by atoms with van der Waals surface area (Å²) < 4.78 is 10.7. The summed E-state index contributed by atoms with van der Waals surface area (Å²) in [5.41, 5.74) is 5.97. The first kappa shape index (κ1) is 26.0. The lowest BCUT2D eigenvalue weighted by Crippen LogP contribution is -2.27. The molecule has 0 aliphatic heterocycles. The Kier molecular flexibility index (Phi) is 9.23. The molecule has 0 amide bonds. The normalized spacial score (nSPS) is 11.1. The first-order valence-electron chi connectivity index (χ1n) is 11.4. The molecule has 0 aliphatic carbocycles. The van der Waals surface area contributed by atoms with E-state index >= 15 is 0 Å². The van der Waals surface area contributed by atoms with E-state index in [0.717, 1.165) is 51.9 Å². The number of hydrogen-bond acceptors (Lipinski definition) is 6. The van der Waals surface area contributed by atoms with Gasteiger partial charge in [0.2, 0.25) is 0 Å². The minimum atomic E-state index is 0.564. The van der Waals surface area contributed by atoms with Gasteiger partial charge in [0.1, 0.15) is 5.01 Å². The van der Waals surface area contributed by atoms with Gasteiger partial charge >= 0.3 is 0 Å².